The molecule has 0 aliphatic heterocycles. The number of aromatic nitrogens is 3. The van der Waals surface area contributed by atoms with E-state index in [2.05, 4.69) is 20.9 Å². The normalized spacial score (nSPS) is 12.8. The second kappa shape index (κ2) is 6.36. The van der Waals surface area contributed by atoms with Crippen molar-refractivity contribution in [2.45, 2.75) is 24.8 Å². The van der Waals surface area contributed by atoms with E-state index in [0.29, 0.717) is 22.2 Å². The lowest BCUT2D eigenvalue weighted by Crippen LogP contribution is -2.17. The molecule has 1 atom stereocenters. The number of sulfonamides is 1. The number of aliphatic hydroxyl groups excluding tert-OH is 1. The molecule has 5 N–H and O–H groups in total. The standard InChI is InChI=1S/C16H18N6O3S/c1-9-3-4-12(15-14(9)11(5-17)6-19-15)21-26(24,25)13-7-20-22(16(13)18)10(2)8-23/h3-4,6-7,10,19,21,23H,8,18H2,1-2H3/t10-/m1/s1. The lowest BCUT2D eigenvalue weighted by Gasteiger charge is -2.12. The number of aliphatic hydroxyl groups is 1. The largest absolute Gasteiger partial charge is 0.394 e. The first-order valence-electron chi connectivity index (χ1n) is 7.77. The minimum absolute atomic E-state index is 0.0633. The Hall–Kier alpha value is -3.03. The first-order chi connectivity index (χ1) is 12.3. The zero-order valence-corrected chi connectivity index (χ0v) is 15.0. The van der Waals surface area contributed by atoms with Crippen molar-refractivity contribution < 1.29 is 13.5 Å². The fourth-order valence-electron chi connectivity index (χ4n) is 2.78. The fraction of sp³-hybridized carbons (Fsp3) is 0.250. The molecule has 2 heterocycles. The number of benzene rings is 1. The molecule has 0 bridgehead atoms. The van der Waals surface area contributed by atoms with E-state index in [1.54, 1.807) is 19.1 Å². The summed E-state index contributed by atoms with van der Waals surface area (Å²) in [6.45, 7) is 3.28. The molecular weight excluding hydrogens is 356 g/mol. The van der Waals surface area contributed by atoms with Crippen molar-refractivity contribution in [3.05, 3.63) is 35.7 Å². The third-order valence-electron chi connectivity index (χ3n) is 4.18. The maximum absolute atomic E-state index is 12.8. The summed E-state index contributed by atoms with van der Waals surface area (Å²) in [4.78, 5) is 2.75. The average molecular weight is 374 g/mol. The molecular formula is C16H18N6O3S. The Morgan fingerprint density at radius 2 is 2.23 bits per heavy atom. The topological polar surface area (TPSA) is 150 Å². The van der Waals surface area contributed by atoms with Crippen LogP contribution in [-0.4, -0.2) is 34.9 Å². The van der Waals surface area contributed by atoms with E-state index >= 15 is 0 Å². The molecule has 0 spiro atoms. The van der Waals surface area contributed by atoms with Gasteiger partial charge in [-0.05, 0) is 25.5 Å². The monoisotopic (exact) mass is 374 g/mol. The van der Waals surface area contributed by atoms with E-state index in [0.717, 1.165) is 11.8 Å². The molecule has 3 aromatic rings. The number of hydrogen-bond acceptors (Lipinski definition) is 6. The van der Waals surface area contributed by atoms with Crippen molar-refractivity contribution in [2.75, 3.05) is 17.1 Å². The van der Waals surface area contributed by atoms with Crippen LogP contribution in [0.25, 0.3) is 10.9 Å². The number of nitrogens with one attached hydrogen (secondary N) is 2. The Morgan fingerprint density at radius 1 is 1.50 bits per heavy atom. The number of anilines is 2. The van der Waals surface area contributed by atoms with E-state index in [-0.39, 0.29) is 17.3 Å². The van der Waals surface area contributed by atoms with Crippen LogP contribution in [0.4, 0.5) is 11.5 Å². The third-order valence-corrected chi connectivity index (χ3v) is 5.56. The highest BCUT2D eigenvalue weighted by atomic mass is 32.2. The van der Waals surface area contributed by atoms with E-state index in [1.807, 2.05) is 6.92 Å². The van der Waals surface area contributed by atoms with Crippen LogP contribution in [0.1, 0.15) is 24.1 Å². The molecule has 2 aromatic heterocycles. The van der Waals surface area contributed by atoms with Crippen molar-refractivity contribution >= 4 is 32.4 Å². The second-order valence-electron chi connectivity index (χ2n) is 5.97. The van der Waals surface area contributed by atoms with E-state index < -0.39 is 16.1 Å². The Kier molecular flexibility index (Phi) is 4.35. The summed E-state index contributed by atoms with van der Waals surface area (Å²) in [7, 11) is -4.01. The van der Waals surface area contributed by atoms with Crippen LogP contribution in [0, 0.1) is 18.3 Å². The minimum atomic E-state index is -4.01. The number of nitrogens with two attached hydrogens (primary N) is 1. The number of H-pyrrole nitrogens is 1. The molecule has 1 aromatic carbocycles. The van der Waals surface area contributed by atoms with Crippen LogP contribution in [-0.2, 0) is 10.0 Å². The Morgan fingerprint density at radius 3 is 2.88 bits per heavy atom. The molecule has 136 valence electrons. The van der Waals surface area contributed by atoms with Gasteiger partial charge in [0.05, 0.1) is 35.6 Å². The molecule has 0 unspecified atom stereocenters. The molecule has 0 aliphatic carbocycles. The minimum Gasteiger partial charge on any atom is -0.394 e. The Bertz CT molecular complexity index is 1120. The molecule has 0 saturated carbocycles. The quantitative estimate of drug-likeness (QED) is 0.531. The SMILES string of the molecule is Cc1ccc(NS(=O)(=O)c2cnn([C@H](C)CO)c2N)c2[nH]cc(C#N)c12. The number of fused-ring (bicyclic) bond motifs is 1. The zero-order chi connectivity index (χ0) is 19.1. The summed E-state index contributed by atoms with van der Waals surface area (Å²) in [5.74, 6) is -0.0633. The summed E-state index contributed by atoms with van der Waals surface area (Å²) in [6.07, 6.45) is 2.68. The highest BCUT2D eigenvalue weighted by molar-refractivity contribution is 7.92. The van der Waals surface area contributed by atoms with Crippen LogP contribution >= 0.6 is 0 Å². The Labute approximate surface area is 150 Å². The predicted octanol–water partition coefficient (Wildman–Crippen LogP) is 1.48. The molecule has 3 rings (SSSR count). The van der Waals surface area contributed by atoms with Crippen molar-refractivity contribution in [2.24, 2.45) is 0 Å². The van der Waals surface area contributed by atoms with Gasteiger partial charge in [0.2, 0.25) is 0 Å². The third kappa shape index (κ3) is 2.77. The van der Waals surface area contributed by atoms with Crippen molar-refractivity contribution in [3.63, 3.8) is 0 Å². The lowest BCUT2D eigenvalue weighted by atomic mass is 10.1. The van der Waals surface area contributed by atoms with E-state index in [4.69, 9.17) is 5.73 Å². The second-order valence-corrected chi connectivity index (χ2v) is 7.62. The highest BCUT2D eigenvalue weighted by Gasteiger charge is 2.24. The van der Waals surface area contributed by atoms with Gasteiger partial charge in [-0.15, -0.1) is 0 Å². The maximum Gasteiger partial charge on any atom is 0.267 e. The molecule has 0 radical (unpaired) electrons. The van der Waals surface area contributed by atoms with Crippen molar-refractivity contribution in [1.29, 1.82) is 5.26 Å². The molecule has 26 heavy (non-hydrogen) atoms. The molecule has 0 aliphatic rings. The van der Waals surface area contributed by atoms with Crippen LogP contribution in [0.3, 0.4) is 0 Å². The number of nitriles is 1. The van der Waals surface area contributed by atoms with Gasteiger partial charge in [0, 0.05) is 11.6 Å². The summed E-state index contributed by atoms with van der Waals surface area (Å²) in [5.41, 5.74) is 8.00. The predicted molar refractivity (Wildman–Crippen MR) is 97.0 cm³/mol. The van der Waals surface area contributed by atoms with Gasteiger partial charge in [0.25, 0.3) is 10.0 Å². The van der Waals surface area contributed by atoms with E-state index in [9.17, 15) is 18.8 Å². The van der Waals surface area contributed by atoms with Crippen LogP contribution in [0.15, 0.2) is 29.4 Å². The fourth-order valence-corrected chi connectivity index (χ4v) is 3.91. The van der Waals surface area contributed by atoms with Gasteiger partial charge in [-0.3, -0.25) is 4.72 Å². The number of aryl methyl sites for hydroxylation is 1. The van der Waals surface area contributed by atoms with Crippen LogP contribution < -0.4 is 10.5 Å². The number of hydrogen-bond donors (Lipinski definition) is 4. The number of nitrogens with zero attached hydrogens (tertiary/aromatic N) is 3. The average Bonchev–Trinajstić information content (AvgIpc) is 3.21. The van der Waals surface area contributed by atoms with Gasteiger partial charge in [-0.1, -0.05) is 6.07 Å². The van der Waals surface area contributed by atoms with Crippen LogP contribution in [0.2, 0.25) is 0 Å². The van der Waals surface area contributed by atoms with Crippen molar-refractivity contribution in [3.8, 4) is 6.07 Å². The van der Waals surface area contributed by atoms with Gasteiger partial charge in [-0.25, -0.2) is 13.1 Å². The molecule has 9 nitrogen and oxygen atoms in total. The van der Waals surface area contributed by atoms with Crippen LogP contribution in [0.5, 0.6) is 0 Å². The van der Waals surface area contributed by atoms with Gasteiger partial charge in [0.1, 0.15) is 16.8 Å². The van der Waals surface area contributed by atoms with Gasteiger partial charge in [-0.2, -0.15) is 10.4 Å². The number of nitrogen functional groups attached to an aromatic ring is 1. The maximum atomic E-state index is 12.8. The molecule has 0 saturated heterocycles. The molecule has 10 heteroatoms. The smallest absolute Gasteiger partial charge is 0.267 e. The summed E-state index contributed by atoms with van der Waals surface area (Å²) in [5, 5.41) is 23.0. The Balaban J connectivity index is 2.06. The lowest BCUT2D eigenvalue weighted by molar-refractivity contribution is 0.231. The van der Waals surface area contributed by atoms with Gasteiger partial charge < -0.3 is 15.8 Å². The summed E-state index contributed by atoms with van der Waals surface area (Å²) in [6, 6.07) is 4.97. The van der Waals surface area contributed by atoms with Crippen molar-refractivity contribution in [1.82, 2.24) is 14.8 Å². The number of rotatable bonds is 5. The zero-order valence-electron chi connectivity index (χ0n) is 14.2. The molecule has 0 amide bonds. The highest BCUT2D eigenvalue weighted by Crippen LogP contribution is 2.31. The first-order valence-corrected chi connectivity index (χ1v) is 9.26. The van der Waals surface area contributed by atoms with Gasteiger partial charge >= 0.3 is 0 Å². The van der Waals surface area contributed by atoms with Gasteiger partial charge in [0.15, 0.2) is 0 Å². The summed E-state index contributed by atoms with van der Waals surface area (Å²) < 4.78 is 29.3. The molecule has 0 fully saturated rings. The first kappa shape index (κ1) is 17.8. The summed E-state index contributed by atoms with van der Waals surface area (Å²) >= 11 is 0. The van der Waals surface area contributed by atoms with E-state index in [1.165, 1.54) is 10.9 Å². The number of aromatic amines is 1.